The average Bonchev–Trinajstić information content (AvgIpc) is 3.65. The van der Waals surface area contributed by atoms with Crippen molar-refractivity contribution in [3.8, 4) is 22.8 Å². The van der Waals surface area contributed by atoms with E-state index in [4.69, 9.17) is 15.2 Å². The highest BCUT2D eigenvalue weighted by Crippen LogP contribution is 2.38. The molecule has 8 nitrogen and oxygen atoms in total. The molecule has 1 fully saturated rings. The van der Waals surface area contributed by atoms with Gasteiger partial charge in [0.25, 0.3) is 5.91 Å². The van der Waals surface area contributed by atoms with E-state index in [-0.39, 0.29) is 28.4 Å². The standard InChI is InChI=1S/C33H36N4O4S/c1-20-9-18-27(21(2)19-20)37(33(39)31-28(34)29(36-42-31)22-10-14-25(40-3)15-11-22)30(23-12-16-26(41-4)17-13-23)32(38)35-24-7-5-6-8-24/h9-19,24,30H,5-8,34H2,1-4H3,(H,35,38). The molecular weight excluding hydrogens is 548 g/mol. The fourth-order valence-electron chi connectivity index (χ4n) is 5.51. The Morgan fingerprint density at radius 2 is 1.57 bits per heavy atom. The van der Waals surface area contributed by atoms with E-state index in [9.17, 15) is 9.59 Å². The summed E-state index contributed by atoms with van der Waals surface area (Å²) in [7, 11) is 3.20. The topological polar surface area (TPSA) is 107 Å². The summed E-state index contributed by atoms with van der Waals surface area (Å²) >= 11 is 1.04. The Morgan fingerprint density at radius 3 is 2.17 bits per heavy atom. The Hall–Kier alpha value is -4.37. The predicted octanol–water partition coefficient (Wildman–Crippen LogP) is 6.47. The SMILES string of the molecule is COc1ccc(-c2nsc(C(=O)N(c3ccc(C)cc3C)C(C(=O)NC3CCCC3)c3ccc(OC)cc3)c2N)cc1. The molecule has 4 aromatic rings. The first-order valence-electron chi connectivity index (χ1n) is 14.1. The Bertz CT molecular complexity index is 1560. The summed E-state index contributed by atoms with van der Waals surface area (Å²) in [5.41, 5.74) is 11.4. The average molecular weight is 585 g/mol. The van der Waals surface area contributed by atoms with Crippen LogP contribution < -0.4 is 25.4 Å². The van der Waals surface area contributed by atoms with Gasteiger partial charge in [0.2, 0.25) is 5.91 Å². The molecule has 42 heavy (non-hydrogen) atoms. The number of amides is 2. The van der Waals surface area contributed by atoms with E-state index < -0.39 is 6.04 Å². The fourth-order valence-corrected chi connectivity index (χ4v) is 6.27. The van der Waals surface area contributed by atoms with Gasteiger partial charge in [0.1, 0.15) is 28.1 Å². The summed E-state index contributed by atoms with van der Waals surface area (Å²) in [6.45, 7) is 3.94. The molecule has 1 aliphatic carbocycles. The zero-order valence-electron chi connectivity index (χ0n) is 24.3. The van der Waals surface area contributed by atoms with Gasteiger partial charge >= 0.3 is 0 Å². The molecule has 2 amide bonds. The summed E-state index contributed by atoms with van der Waals surface area (Å²) in [6, 6.07) is 19.6. The van der Waals surface area contributed by atoms with Crippen molar-refractivity contribution < 1.29 is 19.1 Å². The Morgan fingerprint density at radius 1 is 0.952 bits per heavy atom. The number of nitrogens with one attached hydrogen (secondary N) is 1. The molecule has 9 heteroatoms. The number of methoxy groups -OCH3 is 2. The van der Waals surface area contributed by atoms with E-state index in [1.165, 1.54) is 0 Å². The zero-order valence-corrected chi connectivity index (χ0v) is 25.2. The first-order valence-corrected chi connectivity index (χ1v) is 14.8. The van der Waals surface area contributed by atoms with Gasteiger partial charge in [-0.05, 0) is 91.8 Å². The number of anilines is 2. The molecule has 1 aliphatic rings. The molecule has 218 valence electrons. The minimum atomic E-state index is -0.948. The van der Waals surface area contributed by atoms with Crippen molar-refractivity contribution in [3.05, 3.63) is 88.3 Å². The Kier molecular flexibility index (Phi) is 8.77. The maximum absolute atomic E-state index is 14.6. The highest BCUT2D eigenvalue weighted by molar-refractivity contribution is 7.09. The van der Waals surface area contributed by atoms with Crippen molar-refractivity contribution in [2.45, 2.75) is 51.6 Å². The van der Waals surface area contributed by atoms with Crippen molar-refractivity contribution in [2.75, 3.05) is 24.9 Å². The summed E-state index contributed by atoms with van der Waals surface area (Å²) in [5, 5.41) is 3.23. The number of nitrogens with zero attached hydrogens (tertiary/aromatic N) is 2. The molecule has 3 aromatic carbocycles. The predicted molar refractivity (Wildman–Crippen MR) is 167 cm³/mol. The van der Waals surface area contributed by atoms with Gasteiger partial charge in [-0.3, -0.25) is 14.5 Å². The number of ether oxygens (including phenoxy) is 2. The van der Waals surface area contributed by atoms with Crippen molar-refractivity contribution >= 4 is 34.7 Å². The summed E-state index contributed by atoms with van der Waals surface area (Å²) < 4.78 is 15.2. The fraction of sp³-hybridized carbons (Fsp3) is 0.303. The summed E-state index contributed by atoms with van der Waals surface area (Å²) in [4.78, 5) is 30.6. The van der Waals surface area contributed by atoms with Crippen LogP contribution in [-0.4, -0.2) is 36.4 Å². The quantitative estimate of drug-likeness (QED) is 0.233. The Labute approximate surface area is 250 Å². The largest absolute Gasteiger partial charge is 0.497 e. The van der Waals surface area contributed by atoms with Gasteiger partial charge in [-0.2, -0.15) is 4.37 Å². The molecule has 0 saturated heterocycles. The van der Waals surface area contributed by atoms with Crippen LogP contribution >= 0.6 is 11.5 Å². The molecule has 0 aliphatic heterocycles. The van der Waals surface area contributed by atoms with Gasteiger partial charge in [0, 0.05) is 17.3 Å². The van der Waals surface area contributed by atoms with Crippen LogP contribution in [0, 0.1) is 13.8 Å². The maximum Gasteiger partial charge on any atom is 0.273 e. The Balaban J connectivity index is 1.63. The maximum atomic E-state index is 14.6. The van der Waals surface area contributed by atoms with Gasteiger partial charge in [-0.15, -0.1) is 0 Å². The second-order valence-electron chi connectivity index (χ2n) is 10.6. The molecule has 1 aromatic heterocycles. The first-order chi connectivity index (χ1) is 20.3. The van der Waals surface area contributed by atoms with Gasteiger partial charge in [-0.1, -0.05) is 42.7 Å². The number of aryl methyl sites for hydroxylation is 2. The van der Waals surface area contributed by atoms with E-state index in [1.54, 1.807) is 31.3 Å². The van der Waals surface area contributed by atoms with Gasteiger partial charge < -0.3 is 20.5 Å². The normalized spacial score (nSPS) is 13.9. The molecule has 0 bridgehead atoms. The summed E-state index contributed by atoms with van der Waals surface area (Å²) in [6.07, 6.45) is 3.99. The number of nitrogens with two attached hydrogens (primary N) is 1. The molecule has 1 saturated carbocycles. The third-order valence-electron chi connectivity index (χ3n) is 7.76. The highest BCUT2D eigenvalue weighted by Gasteiger charge is 2.37. The zero-order chi connectivity index (χ0) is 29.8. The van der Waals surface area contributed by atoms with Gasteiger partial charge in [0.15, 0.2) is 0 Å². The number of aromatic nitrogens is 1. The van der Waals surface area contributed by atoms with E-state index in [2.05, 4.69) is 9.69 Å². The van der Waals surface area contributed by atoms with Crippen molar-refractivity contribution in [1.82, 2.24) is 9.69 Å². The van der Waals surface area contributed by atoms with Gasteiger partial charge in [-0.25, -0.2) is 0 Å². The third-order valence-corrected chi connectivity index (χ3v) is 8.61. The second kappa shape index (κ2) is 12.7. The van der Waals surface area contributed by atoms with Crippen LogP contribution in [0.25, 0.3) is 11.3 Å². The third kappa shape index (κ3) is 5.97. The minimum absolute atomic E-state index is 0.0736. The molecule has 1 atom stereocenters. The van der Waals surface area contributed by atoms with E-state index in [1.807, 2.05) is 68.4 Å². The van der Waals surface area contributed by atoms with E-state index in [0.29, 0.717) is 28.4 Å². The number of rotatable bonds is 9. The van der Waals surface area contributed by atoms with Crippen LogP contribution in [0.3, 0.4) is 0 Å². The van der Waals surface area contributed by atoms with Crippen molar-refractivity contribution in [3.63, 3.8) is 0 Å². The first kappa shape index (κ1) is 29.1. The van der Waals surface area contributed by atoms with Gasteiger partial charge in [0.05, 0.1) is 19.9 Å². The summed E-state index contributed by atoms with van der Waals surface area (Å²) in [5.74, 6) is 0.743. The van der Waals surface area contributed by atoms with Crippen LogP contribution in [0.15, 0.2) is 66.7 Å². The molecule has 3 N–H and O–H groups in total. The number of nitrogen functional groups attached to an aromatic ring is 1. The molecular formula is C33H36N4O4S. The molecule has 0 spiro atoms. The van der Waals surface area contributed by atoms with Crippen LogP contribution in [0.2, 0.25) is 0 Å². The lowest BCUT2D eigenvalue weighted by molar-refractivity contribution is -0.123. The van der Waals surface area contributed by atoms with E-state index >= 15 is 0 Å². The van der Waals surface area contributed by atoms with Crippen molar-refractivity contribution in [2.24, 2.45) is 0 Å². The van der Waals surface area contributed by atoms with Crippen molar-refractivity contribution in [1.29, 1.82) is 0 Å². The van der Waals surface area contributed by atoms with Crippen LogP contribution in [0.5, 0.6) is 11.5 Å². The molecule has 5 rings (SSSR count). The number of hydrogen-bond acceptors (Lipinski definition) is 7. The smallest absolute Gasteiger partial charge is 0.273 e. The second-order valence-corrected chi connectivity index (χ2v) is 11.4. The number of benzene rings is 3. The van der Waals surface area contributed by atoms with Crippen LogP contribution in [-0.2, 0) is 4.79 Å². The lowest BCUT2D eigenvalue weighted by atomic mass is 10.00. The number of carbonyl (C=O) groups is 2. The van der Waals surface area contributed by atoms with E-state index in [0.717, 1.165) is 53.9 Å². The van der Waals surface area contributed by atoms with Crippen LogP contribution in [0.4, 0.5) is 11.4 Å². The monoisotopic (exact) mass is 584 g/mol. The minimum Gasteiger partial charge on any atom is -0.497 e. The highest BCUT2D eigenvalue weighted by atomic mass is 32.1. The molecule has 0 radical (unpaired) electrons. The van der Waals surface area contributed by atoms with Crippen LogP contribution in [0.1, 0.15) is 58.1 Å². The number of carbonyl (C=O) groups excluding carboxylic acids is 2. The lowest BCUT2D eigenvalue weighted by Crippen LogP contribution is -2.46. The molecule has 1 unspecified atom stereocenters. The number of hydrogen-bond donors (Lipinski definition) is 2. The molecule has 1 heterocycles. The lowest BCUT2D eigenvalue weighted by Gasteiger charge is -2.33.